The third kappa shape index (κ3) is 5.23. The first-order valence-electron chi connectivity index (χ1n) is 14.5. The Morgan fingerprint density at radius 3 is 2.31 bits per heavy atom. The molecule has 0 heterocycles. The second kappa shape index (κ2) is 10.2. The van der Waals surface area contributed by atoms with Gasteiger partial charge in [-0.25, -0.2) is 4.79 Å². The summed E-state index contributed by atoms with van der Waals surface area (Å²) in [4.78, 5) is 24.2. The lowest BCUT2D eigenvalue weighted by Gasteiger charge is -2.62. The van der Waals surface area contributed by atoms with Gasteiger partial charge < -0.3 is 19.1 Å². The van der Waals surface area contributed by atoms with E-state index in [-0.39, 0.29) is 35.0 Å². The molecule has 10 atom stereocenters. The van der Waals surface area contributed by atoms with Crippen LogP contribution in [0.2, 0.25) is 0 Å². The minimum Gasteiger partial charge on any atom is -0.469 e. The first kappa shape index (κ1) is 27.9. The molecule has 1 N–H and O–H groups in total. The quantitative estimate of drug-likeness (QED) is 0.396. The van der Waals surface area contributed by atoms with E-state index in [0.717, 1.165) is 32.1 Å². The van der Waals surface area contributed by atoms with Crippen molar-refractivity contribution >= 4 is 11.9 Å². The first-order chi connectivity index (χ1) is 16.8. The van der Waals surface area contributed by atoms with Gasteiger partial charge in [-0.3, -0.25) is 4.79 Å². The van der Waals surface area contributed by atoms with E-state index in [0.29, 0.717) is 53.0 Å². The third-order valence-electron chi connectivity index (χ3n) is 11.3. The fourth-order valence-corrected chi connectivity index (χ4v) is 9.53. The molecular weight excluding hydrogens is 454 g/mol. The van der Waals surface area contributed by atoms with E-state index >= 15 is 0 Å². The van der Waals surface area contributed by atoms with Crippen LogP contribution in [0.1, 0.15) is 85.0 Å². The second-order valence-corrected chi connectivity index (χ2v) is 14.5. The first-order valence-corrected chi connectivity index (χ1v) is 14.5. The molecule has 0 aliphatic heterocycles. The molecule has 0 aromatic carbocycles. The van der Waals surface area contributed by atoms with E-state index in [2.05, 4.69) is 20.8 Å². The molecule has 6 nitrogen and oxygen atoms in total. The van der Waals surface area contributed by atoms with Gasteiger partial charge in [0.25, 0.3) is 0 Å². The van der Waals surface area contributed by atoms with Crippen LogP contribution in [0.25, 0.3) is 0 Å². The van der Waals surface area contributed by atoms with Gasteiger partial charge in [-0.05, 0) is 104 Å². The highest BCUT2D eigenvalue weighted by Gasteiger charge is 2.63. The van der Waals surface area contributed by atoms with Crippen LogP contribution in [0.3, 0.4) is 0 Å². The number of nitrogens with zero attached hydrogens (tertiary/aromatic N) is 1. The molecule has 206 valence electrons. The number of likely N-dealkylation sites (N-methyl/N-ethyl adjacent to an activating group) is 1. The van der Waals surface area contributed by atoms with Crippen LogP contribution in [0, 0.1) is 46.3 Å². The molecular formula is C30H52NO5+. The van der Waals surface area contributed by atoms with Gasteiger partial charge >= 0.3 is 11.9 Å². The van der Waals surface area contributed by atoms with Gasteiger partial charge in [0.15, 0.2) is 6.54 Å². The summed E-state index contributed by atoms with van der Waals surface area (Å²) >= 11 is 0. The summed E-state index contributed by atoms with van der Waals surface area (Å²) in [6, 6.07) is 0. The SMILES string of the molecule is COC(=O)CC[C@@H](C)[C@H]1CC[C@H]2[C@@H]3[C@H](O)C[C@@H]4C[C@H](OC(=O)C[N+](C)(C)C)CC[C@]4(C)[C@H]3CC[C@]12C. The molecule has 0 unspecified atom stereocenters. The van der Waals surface area contributed by atoms with Gasteiger partial charge in [0.05, 0.1) is 34.4 Å². The van der Waals surface area contributed by atoms with Crippen LogP contribution in [0.4, 0.5) is 0 Å². The Balaban J connectivity index is 1.44. The summed E-state index contributed by atoms with van der Waals surface area (Å²) in [5.74, 6) is 2.82. The van der Waals surface area contributed by atoms with Crippen molar-refractivity contribution in [1.29, 1.82) is 0 Å². The zero-order valence-corrected chi connectivity index (χ0v) is 23.9. The second-order valence-electron chi connectivity index (χ2n) is 14.5. The van der Waals surface area contributed by atoms with E-state index in [1.54, 1.807) is 0 Å². The molecule has 0 saturated heterocycles. The largest absolute Gasteiger partial charge is 0.469 e. The number of hydrogen-bond acceptors (Lipinski definition) is 5. The number of rotatable bonds is 7. The van der Waals surface area contributed by atoms with Crippen molar-refractivity contribution in [3.8, 4) is 0 Å². The van der Waals surface area contributed by atoms with Crippen LogP contribution < -0.4 is 0 Å². The highest BCUT2D eigenvalue weighted by molar-refractivity contribution is 5.70. The molecule has 4 aliphatic rings. The monoisotopic (exact) mass is 506 g/mol. The standard InChI is InChI=1S/C30H52NO5/c1-19(8-11-26(33)35-7)22-9-10-23-28-24(13-15-30(22,23)3)29(2)14-12-21(16-20(29)17-25(28)32)36-27(34)18-31(4,5)6/h19-25,28,32H,8-18H2,1-7H3/q+1/t19-,20+,21-,22-,23+,24+,25-,28+,29+,30-/m1/s1. The molecule has 0 bridgehead atoms. The molecule has 0 aromatic heterocycles. The van der Waals surface area contributed by atoms with Crippen molar-refractivity contribution < 1.29 is 28.7 Å². The number of esters is 2. The van der Waals surface area contributed by atoms with Gasteiger partial charge in [0.2, 0.25) is 0 Å². The fourth-order valence-electron chi connectivity index (χ4n) is 9.53. The Bertz CT molecular complexity index is 823. The van der Waals surface area contributed by atoms with Crippen molar-refractivity contribution in [2.45, 2.75) is 97.2 Å². The van der Waals surface area contributed by atoms with Gasteiger partial charge in [0, 0.05) is 6.42 Å². The Morgan fingerprint density at radius 2 is 1.64 bits per heavy atom. The van der Waals surface area contributed by atoms with Crippen molar-refractivity contribution in [2.75, 3.05) is 34.8 Å². The lowest BCUT2D eigenvalue weighted by Crippen LogP contribution is -2.59. The van der Waals surface area contributed by atoms with Crippen molar-refractivity contribution in [3.63, 3.8) is 0 Å². The van der Waals surface area contributed by atoms with Crippen LogP contribution in [-0.2, 0) is 19.1 Å². The van der Waals surface area contributed by atoms with Crippen LogP contribution in [0.5, 0.6) is 0 Å². The summed E-state index contributed by atoms with van der Waals surface area (Å²) in [5.41, 5.74) is 0.474. The minimum atomic E-state index is -0.262. The summed E-state index contributed by atoms with van der Waals surface area (Å²) in [6.45, 7) is 7.69. The number of hydrogen-bond donors (Lipinski definition) is 1. The molecule has 36 heavy (non-hydrogen) atoms. The molecule has 4 saturated carbocycles. The maximum Gasteiger partial charge on any atom is 0.362 e. The average molecular weight is 507 g/mol. The van der Waals surface area contributed by atoms with Gasteiger partial charge in [0.1, 0.15) is 6.10 Å². The Morgan fingerprint density at radius 1 is 0.972 bits per heavy atom. The van der Waals surface area contributed by atoms with Crippen LogP contribution >= 0.6 is 0 Å². The molecule has 0 aromatic rings. The summed E-state index contributed by atoms with van der Waals surface area (Å²) in [6.07, 6.45) is 9.74. The highest BCUT2D eigenvalue weighted by Crippen LogP contribution is 2.68. The van der Waals surface area contributed by atoms with Crippen molar-refractivity contribution in [2.24, 2.45) is 46.3 Å². The predicted octanol–water partition coefficient (Wildman–Crippen LogP) is 4.82. The Labute approximate surface area is 219 Å². The topological polar surface area (TPSA) is 72.8 Å². The number of quaternary nitrogens is 1. The molecule has 4 aliphatic carbocycles. The maximum atomic E-state index is 12.5. The lowest BCUT2D eigenvalue weighted by molar-refractivity contribution is -0.862. The fraction of sp³-hybridized carbons (Fsp3) is 0.933. The third-order valence-corrected chi connectivity index (χ3v) is 11.3. The number of aliphatic hydroxyl groups excluding tert-OH is 1. The number of aliphatic hydroxyl groups is 1. The molecule has 0 radical (unpaired) electrons. The summed E-state index contributed by atoms with van der Waals surface area (Å²) in [7, 11) is 7.52. The van der Waals surface area contributed by atoms with E-state index in [9.17, 15) is 14.7 Å². The highest BCUT2D eigenvalue weighted by atomic mass is 16.5. The molecule has 0 amide bonds. The number of carbonyl (C=O) groups is 2. The molecule has 4 rings (SSSR count). The average Bonchev–Trinajstić information content (AvgIpc) is 3.14. The van der Waals surface area contributed by atoms with Gasteiger partial charge in [-0.2, -0.15) is 0 Å². The predicted molar refractivity (Wildman–Crippen MR) is 140 cm³/mol. The molecule has 0 spiro atoms. The molecule has 4 fully saturated rings. The lowest BCUT2D eigenvalue weighted by atomic mass is 9.43. The summed E-state index contributed by atoms with van der Waals surface area (Å²) < 4.78 is 11.4. The number of ether oxygens (including phenoxy) is 2. The number of fused-ring (bicyclic) bond motifs is 5. The van der Waals surface area contributed by atoms with E-state index in [4.69, 9.17) is 9.47 Å². The van der Waals surface area contributed by atoms with Crippen molar-refractivity contribution in [1.82, 2.24) is 0 Å². The number of carbonyl (C=O) groups excluding carboxylic acids is 2. The van der Waals surface area contributed by atoms with Gasteiger partial charge in [-0.1, -0.05) is 20.8 Å². The normalized spacial score (nSPS) is 43.1. The van der Waals surface area contributed by atoms with Crippen LogP contribution in [0.15, 0.2) is 0 Å². The van der Waals surface area contributed by atoms with Gasteiger partial charge in [-0.15, -0.1) is 0 Å². The molecule has 6 heteroatoms. The zero-order valence-electron chi connectivity index (χ0n) is 23.9. The zero-order chi connectivity index (χ0) is 26.5. The number of methoxy groups -OCH3 is 1. The van der Waals surface area contributed by atoms with Crippen molar-refractivity contribution in [3.05, 3.63) is 0 Å². The smallest absolute Gasteiger partial charge is 0.362 e. The summed E-state index contributed by atoms with van der Waals surface area (Å²) in [5, 5.41) is 11.6. The Kier molecular flexibility index (Phi) is 7.90. The van der Waals surface area contributed by atoms with E-state index < -0.39 is 0 Å². The van der Waals surface area contributed by atoms with E-state index in [1.165, 1.54) is 32.8 Å². The Hall–Kier alpha value is -1.14. The van der Waals surface area contributed by atoms with E-state index in [1.807, 2.05) is 21.1 Å². The van der Waals surface area contributed by atoms with Crippen LogP contribution in [-0.4, -0.2) is 68.5 Å². The maximum absolute atomic E-state index is 12.5. The minimum absolute atomic E-state index is 0.00810.